The lowest BCUT2D eigenvalue weighted by atomic mass is 10.1. The Labute approximate surface area is 101 Å². The fourth-order valence-electron chi connectivity index (χ4n) is 2.17. The summed E-state index contributed by atoms with van der Waals surface area (Å²) >= 11 is 1.71. The summed E-state index contributed by atoms with van der Waals surface area (Å²) in [4.78, 5) is 6.92. The lowest BCUT2D eigenvalue weighted by Gasteiger charge is -2.38. The van der Waals surface area contributed by atoms with Crippen LogP contribution in [0.1, 0.15) is 16.7 Å². The summed E-state index contributed by atoms with van der Waals surface area (Å²) in [7, 11) is 4.10. The molecule has 2 unspecified atom stereocenters. The zero-order valence-electron chi connectivity index (χ0n) is 10.1. The number of rotatable bonds is 3. The molecule has 1 aliphatic rings. The maximum atomic E-state index is 5.83. The van der Waals surface area contributed by atoms with Gasteiger partial charge in [0.15, 0.2) is 0 Å². The predicted molar refractivity (Wildman–Crippen MR) is 65.9 cm³/mol. The third-order valence-electron chi connectivity index (χ3n) is 2.95. The molecule has 0 bridgehead atoms. The molecule has 0 amide bonds. The zero-order valence-corrected chi connectivity index (χ0v) is 10.9. The molecular formula is C11H19N3OS. The van der Waals surface area contributed by atoms with Crippen molar-refractivity contribution in [2.45, 2.75) is 19.1 Å². The Hall–Kier alpha value is -0.490. The van der Waals surface area contributed by atoms with E-state index >= 15 is 0 Å². The van der Waals surface area contributed by atoms with Crippen molar-refractivity contribution in [2.75, 3.05) is 33.8 Å². The Morgan fingerprint density at radius 3 is 3.12 bits per heavy atom. The Morgan fingerprint density at radius 1 is 1.69 bits per heavy atom. The molecule has 1 N–H and O–H groups in total. The fourth-order valence-corrected chi connectivity index (χ4v) is 2.81. The van der Waals surface area contributed by atoms with Gasteiger partial charge in [-0.3, -0.25) is 4.90 Å². The van der Waals surface area contributed by atoms with Crippen molar-refractivity contribution >= 4 is 11.3 Å². The van der Waals surface area contributed by atoms with E-state index in [4.69, 9.17) is 4.74 Å². The predicted octanol–water partition coefficient (Wildman–Crippen LogP) is 1.04. The SMILES string of the molecule is CNCC1OCCN(C)C1c1csc(C)n1. The maximum absolute atomic E-state index is 5.83. The van der Waals surface area contributed by atoms with Crippen molar-refractivity contribution in [3.63, 3.8) is 0 Å². The highest BCUT2D eigenvalue weighted by Crippen LogP contribution is 2.28. The van der Waals surface area contributed by atoms with Crippen LogP contribution in [-0.2, 0) is 4.74 Å². The van der Waals surface area contributed by atoms with Crippen LogP contribution < -0.4 is 5.32 Å². The van der Waals surface area contributed by atoms with Crippen LogP contribution in [0.3, 0.4) is 0 Å². The first kappa shape index (κ1) is 12.0. The molecule has 2 heterocycles. The quantitative estimate of drug-likeness (QED) is 0.858. The molecule has 0 aromatic carbocycles. The number of hydrogen-bond acceptors (Lipinski definition) is 5. The van der Waals surface area contributed by atoms with E-state index in [1.165, 1.54) is 0 Å². The van der Waals surface area contributed by atoms with Crippen molar-refractivity contribution < 1.29 is 4.74 Å². The topological polar surface area (TPSA) is 37.4 Å². The fraction of sp³-hybridized carbons (Fsp3) is 0.727. The number of hydrogen-bond donors (Lipinski definition) is 1. The van der Waals surface area contributed by atoms with Gasteiger partial charge >= 0.3 is 0 Å². The second-order valence-electron chi connectivity index (χ2n) is 4.18. The van der Waals surface area contributed by atoms with Crippen LogP contribution in [0.25, 0.3) is 0 Å². The van der Waals surface area contributed by atoms with Crippen molar-refractivity contribution in [3.05, 3.63) is 16.1 Å². The van der Waals surface area contributed by atoms with Crippen LogP contribution in [0.2, 0.25) is 0 Å². The van der Waals surface area contributed by atoms with Gasteiger partial charge in [-0.2, -0.15) is 0 Å². The minimum Gasteiger partial charge on any atom is -0.374 e. The second-order valence-corrected chi connectivity index (χ2v) is 5.25. The Morgan fingerprint density at radius 2 is 2.50 bits per heavy atom. The number of ether oxygens (including phenoxy) is 1. The number of morpholine rings is 1. The molecule has 1 fully saturated rings. The van der Waals surface area contributed by atoms with Crippen LogP contribution in [-0.4, -0.2) is 49.8 Å². The number of nitrogens with one attached hydrogen (secondary N) is 1. The first-order valence-corrected chi connectivity index (χ1v) is 6.49. The highest BCUT2D eigenvalue weighted by molar-refractivity contribution is 7.09. The molecule has 2 rings (SSSR count). The summed E-state index contributed by atoms with van der Waals surface area (Å²) < 4.78 is 5.83. The summed E-state index contributed by atoms with van der Waals surface area (Å²) in [6.07, 6.45) is 0.199. The lowest BCUT2D eigenvalue weighted by Crippen LogP contribution is -2.47. The molecule has 0 saturated carbocycles. The smallest absolute Gasteiger partial charge is 0.0912 e. The average Bonchev–Trinajstić information content (AvgIpc) is 2.65. The summed E-state index contributed by atoms with van der Waals surface area (Å²) in [6, 6.07) is 0.283. The summed E-state index contributed by atoms with van der Waals surface area (Å²) in [6.45, 7) is 4.69. The monoisotopic (exact) mass is 241 g/mol. The van der Waals surface area contributed by atoms with Crippen LogP contribution in [0.5, 0.6) is 0 Å². The number of likely N-dealkylation sites (N-methyl/N-ethyl adjacent to an activating group) is 2. The molecular weight excluding hydrogens is 222 g/mol. The number of aryl methyl sites for hydroxylation is 1. The first-order valence-electron chi connectivity index (χ1n) is 5.61. The van der Waals surface area contributed by atoms with Crippen LogP contribution in [0, 0.1) is 6.92 Å². The van der Waals surface area contributed by atoms with Gasteiger partial charge < -0.3 is 10.1 Å². The van der Waals surface area contributed by atoms with E-state index in [1.54, 1.807) is 11.3 Å². The van der Waals surface area contributed by atoms with E-state index in [0.29, 0.717) is 0 Å². The molecule has 1 aromatic heterocycles. The Kier molecular flexibility index (Phi) is 3.91. The third kappa shape index (κ3) is 2.43. The summed E-state index contributed by atoms with van der Waals surface area (Å²) in [5.74, 6) is 0. The van der Waals surface area contributed by atoms with Crippen LogP contribution in [0.4, 0.5) is 0 Å². The zero-order chi connectivity index (χ0) is 11.5. The number of thiazole rings is 1. The number of aromatic nitrogens is 1. The molecule has 16 heavy (non-hydrogen) atoms. The summed E-state index contributed by atoms with van der Waals surface area (Å²) in [5, 5.41) is 6.46. The van der Waals surface area contributed by atoms with Gasteiger partial charge in [-0.15, -0.1) is 11.3 Å². The van der Waals surface area contributed by atoms with Crippen molar-refractivity contribution in [3.8, 4) is 0 Å². The van der Waals surface area contributed by atoms with E-state index in [1.807, 2.05) is 14.0 Å². The van der Waals surface area contributed by atoms with Crippen LogP contribution in [0.15, 0.2) is 5.38 Å². The molecule has 1 aromatic rings. The van der Waals surface area contributed by atoms with Gasteiger partial charge in [0.25, 0.3) is 0 Å². The molecule has 2 atom stereocenters. The van der Waals surface area contributed by atoms with Gasteiger partial charge in [0.1, 0.15) is 0 Å². The largest absolute Gasteiger partial charge is 0.374 e. The molecule has 5 heteroatoms. The van der Waals surface area contributed by atoms with Crippen molar-refractivity contribution in [1.82, 2.24) is 15.2 Å². The second kappa shape index (κ2) is 5.23. The Balaban J connectivity index is 2.18. The van der Waals surface area contributed by atoms with E-state index in [2.05, 4.69) is 27.6 Å². The molecule has 1 saturated heterocycles. The standard InChI is InChI=1S/C11H19N3OS/c1-8-13-9(7-16-8)11-10(6-12-2)15-5-4-14(11)3/h7,10-12H,4-6H2,1-3H3. The average molecular weight is 241 g/mol. The molecule has 0 radical (unpaired) electrons. The first-order chi connectivity index (χ1) is 7.72. The molecule has 0 spiro atoms. The minimum absolute atomic E-state index is 0.199. The maximum Gasteiger partial charge on any atom is 0.0912 e. The molecule has 4 nitrogen and oxygen atoms in total. The van der Waals surface area contributed by atoms with Gasteiger partial charge in [-0.1, -0.05) is 0 Å². The van der Waals surface area contributed by atoms with Gasteiger partial charge in [-0.05, 0) is 21.0 Å². The molecule has 0 aliphatic carbocycles. The molecule has 90 valence electrons. The molecule has 1 aliphatic heterocycles. The third-order valence-corrected chi connectivity index (χ3v) is 3.74. The van der Waals surface area contributed by atoms with E-state index < -0.39 is 0 Å². The van der Waals surface area contributed by atoms with Crippen LogP contribution >= 0.6 is 11.3 Å². The highest BCUT2D eigenvalue weighted by atomic mass is 32.1. The number of nitrogens with zero attached hydrogens (tertiary/aromatic N) is 2. The Bertz CT molecular complexity index is 340. The van der Waals surface area contributed by atoms with Gasteiger partial charge in [-0.25, -0.2) is 4.98 Å². The van der Waals surface area contributed by atoms with E-state index in [-0.39, 0.29) is 12.1 Å². The van der Waals surface area contributed by atoms with Crippen molar-refractivity contribution in [2.24, 2.45) is 0 Å². The van der Waals surface area contributed by atoms with Gasteiger partial charge in [0, 0.05) is 18.5 Å². The van der Waals surface area contributed by atoms with Gasteiger partial charge in [0.05, 0.1) is 29.5 Å². The van der Waals surface area contributed by atoms with Crippen molar-refractivity contribution in [1.29, 1.82) is 0 Å². The summed E-state index contributed by atoms with van der Waals surface area (Å²) in [5.41, 5.74) is 1.14. The minimum atomic E-state index is 0.199. The van der Waals surface area contributed by atoms with E-state index in [9.17, 15) is 0 Å². The van der Waals surface area contributed by atoms with Gasteiger partial charge in [0.2, 0.25) is 0 Å². The normalized spacial score (nSPS) is 27.2. The highest BCUT2D eigenvalue weighted by Gasteiger charge is 2.32. The van der Waals surface area contributed by atoms with E-state index in [0.717, 1.165) is 30.4 Å². The lowest BCUT2D eigenvalue weighted by molar-refractivity contribution is -0.0618.